The molecule has 0 aliphatic rings. The Hall–Kier alpha value is -0.815. The zero-order valence-electron chi connectivity index (χ0n) is 3.44. The molecule has 0 aromatic rings. The van der Waals surface area contributed by atoms with E-state index in [2.05, 4.69) is 19.8 Å². The summed E-state index contributed by atoms with van der Waals surface area (Å²) in [6, 6.07) is 0. The molecule has 0 atom stereocenters. The van der Waals surface area contributed by atoms with E-state index in [1.54, 1.807) is 0 Å². The van der Waals surface area contributed by atoms with Gasteiger partial charge in [0.2, 0.25) is 0 Å². The number of rotatable bonds is 0. The van der Waals surface area contributed by atoms with Crippen LogP contribution in [-0.2, 0) is 0 Å². The van der Waals surface area contributed by atoms with Crippen molar-refractivity contribution in [1.29, 1.82) is 5.41 Å². The second kappa shape index (κ2) is 64.7. The predicted molar refractivity (Wildman–Crippen MR) is 36.1 cm³/mol. The van der Waals surface area contributed by atoms with Crippen molar-refractivity contribution in [2.75, 3.05) is 0 Å². The minimum absolute atomic E-state index is 0. The van der Waals surface area contributed by atoms with E-state index in [9.17, 15) is 0 Å². The minimum atomic E-state index is 0. The molecular weight excluding hydrogens is 86.9 g/mol. The van der Waals surface area contributed by atoms with Gasteiger partial charge in [-0.2, -0.15) is 0 Å². The molecule has 0 aliphatic heterocycles. The van der Waals surface area contributed by atoms with Gasteiger partial charge in [-0.3, -0.25) is 5.41 Å². The molecule has 0 bridgehead atoms. The van der Waals surface area contributed by atoms with Crippen molar-refractivity contribution in [3.05, 3.63) is 6.58 Å². The van der Waals surface area contributed by atoms with E-state index in [-0.39, 0.29) is 7.43 Å². The molecule has 0 unspecified atom stereocenters. The number of hydrogen-bond acceptors (Lipinski definition) is 1. The summed E-state index contributed by atoms with van der Waals surface area (Å²) in [6.07, 6.45) is 0.750. The molecule has 2 nitrogen and oxygen atoms in total. The van der Waals surface area contributed by atoms with Crippen LogP contribution in [-0.4, -0.2) is 19.4 Å². The summed E-state index contributed by atoms with van der Waals surface area (Å²) < 4.78 is 0. The SMILES string of the molecule is C.N=CN.[B]=C=C. The van der Waals surface area contributed by atoms with Crippen molar-refractivity contribution in [1.82, 2.24) is 0 Å². The predicted octanol–water partition coefficient (Wildman–Crippen LogP) is -0.0697. The molecule has 0 aromatic carbocycles. The van der Waals surface area contributed by atoms with Crippen LogP contribution in [0.5, 0.6) is 0 Å². The van der Waals surface area contributed by atoms with E-state index >= 15 is 0 Å². The number of nitrogens with two attached hydrogens (primary N) is 1. The van der Waals surface area contributed by atoms with Gasteiger partial charge in [0.25, 0.3) is 0 Å². The van der Waals surface area contributed by atoms with Crippen molar-refractivity contribution in [3.63, 3.8) is 0 Å². The Morgan fingerprint density at radius 2 is 1.86 bits per heavy atom. The molecule has 0 rings (SSSR count). The van der Waals surface area contributed by atoms with Crippen molar-refractivity contribution >= 4 is 19.4 Å². The molecular formula is C4H10BN2. The van der Waals surface area contributed by atoms with Gasteiger partial charge >= 0.3 is 19.7 Å². The zero-order chi connectivity index (χ0) is 5.41. The van der Waals surface area contributed by atoms with Gasteiger partial charge in [-0.15, -0.1) is 0 Å². The molecule has 0 aliphatic carbocycles. The molecule has 0 saturated carbocycles. The molecule has 0 aromatic heterocycles. The van der Waals surface area contributed by atoms with Crippen molar-refractivity contribution < 1.29 is 0 Å². The first-order chi connectivity index (χ1) is 2.83. The van der Waals surface area contributed by atoms with Gasteiger partial charge in [0.15, 0.2) is 0 Å². The second-order valence-electron chi connectivity index (χ2n) is 0.371. The van der Waals surface area contributed by atoms with Crippen LogP contribution in [0.25, 0.3) is 0 Å². The van der Waals surface area contributed by atoms with Crippen LogP contribution < -0.4 is 5.73 Å². The van der Waals surface area contributed by atoms with Crippen molar-refractivity contribution in [2.45, 2.75) is 7.43 Å². The van der Waals surface area contributed by atoms with E-state index in [4.69, 9.17) is 5.41 Å². The van der Waals surface area contributed by atoms with Gasteiger partial charge in [-0.25, -0.2) is 0 Å². The molecule has 39 valence electrons. The molecule has 1 radical (unpaired) electrons. The quantitative estimate of drug-likeness (QED) is 0.248. The van der Waals surface area contributed by atoms with Crippen LogP contribution >= 0.6 is 0 Å². The van der Waals surface area contributed by atoms with Gasteiger partial charge in [0.1, 0.15) is 0 Å². The fourth-order valence-corrected chi connectivity index (χ4v) is 0. The Bertz CT molecular complexity index is 54.7. The van der Waals surface area contributed by atoms with Gasteiger partial charge in [0, 0.05) is 0 Å². The first kappa shape index (κ1) is 16.4. The van der Waals surface area contributed by atoms with Gasteiger partial charge < -0.3 is 5.73 Å². The van der Waals surface area contributed by atoms with Crippen LogP contribution in [0.15, 0.2) is 6.58 Å². The third-order valence-corrected chi connectivity index (χ3v) is 0. The molecule has 0 heterocycles. The summed E-state index contributed by atoms with van der Waals surface area (Å²) in [6.45, 7) is 3.01. The second-order valence-corrected chi connectivity index (χ2v) is 0.371. The average molecular weight is 96.9 g/mol. The van der Waals surface area contributed by atoms with Crippen LogP contribution in [0.4, 0.5) is 0 Å². The normalized spacial score (nSPS) is 2.71. The van der Waals surface area contributed by atoms with Gasteiger partial charge in [-0.05, 0) is 0 Å². The van der Waals surface area contributed by atoms with Crippen LogP contribution in [0.1, 0.15) is 7.43 Å². The number of nitrogens with one attached hydrogen (secondary N) is 1. The molecule has 7 heavy (non-hydrogen) atoms. The Morgan fingerprint density at radius 3 is 1.86 bits per heavy atom. The van der Waals surface area contributed by atoms with E-state index in [1.807, 2.05) is 5.62 Å². The first-order valence-electron chi connectivity index (χ1n) is 1.26. The van der Waals surface area contributed by atoms with E-state index in [0.717, 1.165) is 6.34 Å². The summed E-state index contributed by atoms with van der Waals surface area (Å²) in [5.41, 5.74) is 6.39. The Balaban J connectivity index is -0.0000000400. The molecule has 3 heteroatoms. The third-order valence-electron chi connectivity index (χ3n) is 0. The van der Waals surface area contributed by atoms with Crippen LogP contribution in [0.2, 0.25) is 0 Å². The van der Waals surface area contributed by atoms with E-state index in [0.29, 0.717) is 0 Å². The summed E-state index contributed by atoms with van der Waals surface area (Å²) in [5.74, 6) is 0. The van der Waals surface area contributed by atoms with Crippen molar-refractivity contribution in [3.8, 4) is 0 Å². The summed E-state index contributed by atoms with van der Waals surface area (Å²) in [5, 5.41) is 5.86. The Labute approximate surface area is 45.6 Å². The zero-order valence-corrected chi connectivity index (χ0v) is 3.44. The standard InChI is InChI=1S/C2H2B.CH4N2.CH4/c1-2-3;2-1-3;/h1H2;1H,(H3,2,3);1H4. The van der Waals surface area contributed by atoms with Gasteiger partial charge in [0.05, 0.1) is 6.34 Å². The molecule has 3 N–H and O–H groups in total. The first-order valence-corrected chi connectivity index (χ1v) is 1.26. The monoisotopic (exact) mass is 97.1 g/mol. The summed E-state index contributed by atoms with van der Waals surface area (Å²) in [4.78, 5) is 0. The molecule has 0 saturated heterocycles. The third kappa shape index (κ3) is 79.2. The van der Waals surface area contributed by atoms with Crippen LogP contribution in [0, 0.1) is 5.41 Å². The molecule has 0 spiro atoms. The van der Waals surface area contributed by atoms with Crippen LogP contribution in [0.3, 0.4) is 0 Å². The summed E-state index contributed by atoms with van der Waals surface area (Å²) in [7, 11) is 4.49. The van der Waals surface area contributed by atoms with E-state index < -0.39 is 0 Å². The molecule has 0 fully saturated rings. The van der Waals surface area contributed by atoms with E-state index in [1.165, 1.54) is 0 Å². The number of hydrogen-bond donors (Lipinski definition) is 2. The fourth-order valence-electron chi connectivity index (χ4n) is 0. The Morgan fingerprint density at radius 1 is 1.86 bits per heavy atom. The topological polar surface area (TPSA) is 49.9 Å². The summed E-state index contributed by atoms with van der Waals surface area (Å²) >= 11 is 0. The average Bonchev–Trinajstić information content (AvgIpc) is 1.39. The fraction of sp³-hybridized carbons (Fsp3) is 0.250. The Kier molecular flexibility index (Phi) is 151. The van der Waals surface area contributed by atoms with Gasteiger partial charge in [-0.1, -0.05) is 7.43 Å². The maximum atomic E-state index is 5.86. The molecule has 0 amide bonds. The maximum absolute atomic E-state index is 5.86. The van der Waals surface area contributed by atoms with Crippen molar-refractivity contribution in [2.24, 2.45) is 5.73 Å².